The molecule has 1 fully saturated rings. The highest BCUT2D eigenvalue weighted by Crippen LogP contribution is 2.39. The molecule has 1 unspecified atom stereocenters. The zero-order valence-electron chi connectivity index (χ0n) is 20.1. The van der Waals surface area contributed by atoms with E-state index < -0.39 is 53.3 Å². The molecule has 1 heterocycles. The molecule has 3 aromatic rings. The van der Waals surface area contributed by atoms with Gasteiger partial charge in [-0.15, -0.1) is 0 Å². The first kappa shape index (κ1) is 27.8. The van der Waals surface area contributed by atoms with Crippen molar-refractivity contribution in [1.29, 1.82) is 0 Å². The second-order valence-electron chi connectivity index (χ2n) is 9.17. The van der Waals surface area contributed by atoms with E-state index in [0.29, 0.717) is 18.9 Å². The number of pyridine rings is 1. The highest BCUT2D eigenvalue weighted by Gasteiger charge is 2.44. The number of rotatable bonds is 10. The van der Waals surface area contributed by atoms with Crippen molar-refractivity contribution in [3.8, 4) is 5.75 Å². The largest absolute Gasteiger partial charge is 0.430 e. The van der Waals surface area contributed by atoms with Gasteiger partial charge in [-0.05, 0) is 66.8 Å². The van der Waals surface area contributed by atoms with Crippen LogP contribution >= 0.6 is 11.6 Å². The van der Waals surface area contributed by atoms with E-state index in [2.05, 4.69) is 15.0 Å². The van der Waals surface area contributed by atoms with Crippen molar-refractivity contribution in [2.45, 2.75) is 50.4 Å². The van der Waals surface area contributed by atoms with Crippen molar-refractivity contribution >= 4 is 17.5 Å². The average molecular weight is 557 g/mol. The Morgan fingerprint density at radius 3 is 2.45 bits per heavy atom. The molecule has 202 valence electrons. The number of nitrogens with zero attached hydrogens (tertiary/aromatic N) is 1. The molecule has 4 rings (SSSR count). The molecule has 38 heavy (non-hydrogen) atoms. The summed E-state index contributed by atoms with van der Waals surface area (Å²) in [4.78, 5) is 17.4. The highest BCUT2D eigenvalue weighted by molar-refractivity contribution is 6.30. The third kappa shape index (κ3) is 6.06. The van der Waals surface area contributed by atoms with Gasteiger partial charge in [0, 0.05) is 24.6 Å². The molecule has 1 amide bonds. The average Bonchev–Trinajstić information content (AvgIpc) is 3.71. The summed E-state index contributed by atoms with van der Waals surface area (Å²) in [6.07, 6.45) is -5.30. The van der Waals surface area contributed by atoms with Crippen LogP contribution in [0.25, 0.3) is 0 Å². The fourth-order valence-corrected chi connectivity index (χ4v) is 4.20. The maximum atomic E-state index is 14.9. The summed E-state index contributed by atoms with van der Waals surface area (Å²) in [5.41, 5.74) is -1.56. The summed E-state index contributed by atoms with van der Waals surface area (Å²) < 4.78 is 89.7. The number of amides is 1. The molecule has 1 saturated carbocycles. The molecule has 0 bridgehead atoms. The van der Waals surface area contributed by atoms with Gasteiger partial charge in [0.05, 0.1) is 10.7 Å². The van der Waals surface area contributed by atoms with E-state index in [1.165, 1.54) is 31.3 Å². The topological polar surface area (TPSA) is 51.2 Å². The Hall–Kier alpha value is -3.27. The van der Waals surface area contributed by atoms with Gasteiger partial charge in [0.2, 0.25) is 12.1 Å². The van der Waals surface area contributed by atoms with Crippen molar-refractivity contribution in [1.82, 2.24) is 10.3 Å². The fraction of sp³-hybridized carbons (Fsp3) is 0.333. The molecule has 1 N–H and O–H groups in total. The van der Waals surface area contributed by atoms with Crippen LogP contribution in [0.2, 0.25) is 5.02 Å². The Morgan fingerprint density at radius 1 is 1.11 bits per heavy atom. The van der Waals surface area contributed by atoms with E-state index in [-0.39, 0.29) is 34.2 Å². The SMILES string of the molecule is CCC(F)C(F)(F)Oc1cc(F)cc([C@@](Cc2ccc(F)c(F)c2)(NC(=O)C2CC2)c2ccc(Cl)cn2)c1. The van der Waals surface area contributed by atoms with E-state index in [1.54, 1.807) is 0 Å². The Bertz CT molecular complexity index is 1320. The van der Waals surface area contributed by atoms with Crippen molar-refractivity contribution in [2.75, 3.05) is 0 Å². The first-order valence-corrected chi connectivity index (χ1v) is 12.2. The van der Waals surface area contributed by atoms with Crippen LogP contribution < -0.4 is 10.1 Å². The third-order valence-corrected chi connectivity index (χ3v) is 6.47. The number of aromatic nitrogens is 1. The number of nitrogens with one attached hydrogen (secondary N) is 1. The standard InChI is InChI=1S/C27H23ClF6N2O2/c1-2-23(32)27(33,34)38-20-11-17(10-19(29)12-20)26(36-25(37)16-4-5-16,24-8-6-18(28)14-35-24)13-15-3-7-21(30)22(31)9-15/h3,6-12,14,16,23H,2,4-5,13H2,1H3,(H,36,37)/t23?,26-/m1/s1. The van der Waals surface area contributed by atoms with Gasteiger partial charge < -0.3 is 10.1 Å². The van der Waals surface area contributed by atoms with E-state index in [4.69, 9.17) is 11.6 Å². The van der Waals surface area contributed by atoms with Gasteiger partial charge in [0.25, 0.3) is 0 Å². The Balaban J connectivity index is 1.91. The molecule has 1 aromatic heterocycles. The minimum absolute atomic E-state index is 0.0937. The number of halogens is 7. The summed E-state index contributed by atoms with van der Waals surface area (Å²) in [5.74, 6) is -4.78. The number of alkyl halides is 3. The maximum absolute atomic E-state index is 14.9. The van der Waals surface area contributed by atoms with Crippen LogP contribution in [0.15, 0.2) is 54.7 Å². The molecular weight excluding hydrogens is 534 g/mol. The summed E-state index contributed by atoms with van der Waals surface area (Å²) in [5, 5.41) is 3.07. The predicted octanol–water partition coefficient (Wildman–Crippen LogP) is 6.88. The number of hydrogen-bond acceptors (Lipinski definition) is 3. The van der Waals surface area contributed by atoms with Gasteiger partial charge >= 0.3 is 6.11 Å². The smallest absolute Gasteiger partial charge is 0.429 e. The Kier molecular flexibility index (Phi) is 7.92. The minimum Gasteiger partial charge on any atom is -0.430 e. The van der Waals surface area contributed by atoms with Crippen LogP contribution in [-0.4, -0.2) is 23.2 Å². The zero-order chi connectivity index (χ0) is 27.7. The van der Waals surface area contributed by atoms with Gasteiger partial charge in [0.1, 0.15) is 17.1 Å². The van der Waals surface area contributed by atoms with E-state index in [9.17, 15) is 31.1 Å². The molecule has 11 heteroatoms. The molecular formula is C27H23ClF6N2O2. The number of hydrogen-bond donors (Lipinski definition) is 1. The summed E-state index contributed by atoms with van der Waals surface area (Å²) in [6.45, 7) is 1.20. The van der Waals surface area contributed by atoms with Crippen molar-refractivity contribution in [2.24, 2.45) is 5.92 Å². The van der Waals surface area contributed by atoms with E-state index in [1.807, 2.05) is 0 Å². The minimum atomic E-state index is -4.27. The molecule has 0 saturated heterocycles. The van der Waals surface area contributed by atoms with Crippen molar-refractivity contribution < 1.29 is 35.9 Å². The second-order valence-corrected chi connectivity index (χ2v) is 9.61. The first-order chi connectivity index (χ1) is 17.9. The van der Waals surface area contributed by atoms with Gasteiger partial charge in [-0.2, -0.15) is 8.78 Å². The normalized spacial score (nSPS) is 16.0. The Morgan fingerprint density at radius 2 is 1.84 bits per heavy atom. The van der Waals surface area contributed by atoms with E-state index >= 15 is 0 Å². The van der Waals surface area contributed by atoms with Crippen LogP contribution in [0, 0.1) is 23.4 Å². The predicted molar refractivity (Wildman–Crippen MR) is 128 cm³/mol. The monoisotopic (exact) mass is 556 g/mol. The van der Waals surface area contributed by atoms with Crippen molar-refractivity contribution in [3.05, 3.63) is 94.0 Å². The lowest BCUT2D eigenvalue weighted by Gasteiger charge is -2.36. The van der Waals surface area contributed by atoms with Gasteiger partial charge in [-0.1, -0.05) is 24.6 Å². The molecule has 0 radical (unpaired) electrons. The molecule has 1 aliphatic carbocycles. The van der Waals surface area contributed by atoms with Crippen LogP contribution in [0.4, 0.5) is 26.3 Å². The number of carbonyl (C=O) groups excluding carboxylic acids is 1. The van der Waals surface area contributed by atoms with Gasteiger partial charge in [-0.25, -0.2) is 17.6 Å². The van der Waals surface area contributed by atoms with Crippen LogP contribution in [0.1, 0.15) is 43.0 Å². The summed E-state index contributed by atoms with van der Waals surface area (Å²) >= 11 is 6.00. The molecule has 4 nitrogen and oxygen atoms in total. The Labute approximate surface area is 220 Å². The number of benzene rings is 2. The van der Waals surface area contributed by atoms with Crippen LogP contribution in [0.3, 0.4) is 0 Å². The molecule has 0 aliphatic heterocycles. The lowest BCUT2D eigenvalue weighted by Crippen LogP contribution is -2.50. The fourth-order valence-electron chi connectivity index (χ4n) is 4.09. The van der Waals surface area contributed by atoms with Crippen LogP contribution in [0.5, 0.6) is 5.75 Å². The van der Waals surface area contributed by atoms with Gasteiger partial charge in [0.15, 0.2) is 11.6 Å². The van der Waals surface area contributed by atoms with E-state index in [0.717, 1.165) is 24.3 Å². The molecule has 2 atom stereocenters. The molecule has 2 aromatic carbocycles. The summed E-state index contributed by atoms with van der Waals surface area (Å²) in [6, 6.07) is 8.61. The maximum Gasteiger partial charge on any atom is 0.429 e. The lowest BCUT2D eigenvalue weighted by molar-refractivity contribution is -0.220. The molecule has 0 spiro atoms. The van der Waals surface area contributed by atoms with Crippen molar-refractivity contribution in [3.63, 3.8) is 0 Å². The third-order valence-electron chi connectivity index (χ3n) is 6.24. The second kappa shape index (κ2) is 10.8. The summed E-state index contributed by atoms with van der Waals surface area (Å²) in [7, 11) is 0. The first-order valence-electron chi connectivity index (χ1n) is 11.8. The lowest BCUT2D eigenvalue weighted by atomic mass is 9.80. The zero-order valence-corrected chi connectivity index (χ0v) is 20.8. The molecule has 1 aliphatic rings. The number of ether oxygens (including phenoxy) is 1. The number of carbonyl (C=O) groups is 1. The van der Waals surface area contributed by atoms with Gasteiger partial charge in [-0.3, -0.25) is 9.78 Å². The quantitative estimate of drug-likeness (QED) is 0.277. The highest BCUT2D eigenvalue weighted by atomic mass is 35.5. The van der Waals surface area contributed by atoms with Crippen LogP contribution in [-0.2, 0) is 16.8 Å².